The standard InChI is InChI=1S/2C15H13NO2.C13H15NO2.C12H15NO2.C11H11NO2.C11H13NO.C11H15NO.C10H13NO.8C2H6/c1-9(2)16-14(17)11-7-3-5-10-6-4-8-12(13(10)11)15(16)18;1-9(2)16-14(17)12-7-10-5-3-4-6-11(10)8-13(12)15(16)18;1-9(2)14-12(15)8-11(13(14)16)10-6-4-3-5-7-10;1-8(2)13-12(15)11-7-5-4-6-10(11)9(3)14;1-7(2)12-10(13)8-5-3-4-6-9(8)11(12)14;1-8(2)12-7-9-5-3-4-6-10(9)11(12)13;1-9(2)12-11(13)8-10-6-4-3-5-7-10;1-8(2)11-10(12)9-6-4-3-5-7-9;8*1-2/h2*3-9H,1-2H3;3-7,9,11H,8H2,1-2H3;4-8H,1-3H3,(H,13,15);3-7H,1-2H3;3-6,8H,7H2,1-2H3;3-7,9H,8H2,1-2H3,(H,12,13);3-8H,1-2H3,(H,11,12);8*1-2H3. The summed E-state index contributed by atoms with van der Waals surface area (Å²) in [7, 11) is 0. The molecule has 0 saturated carbocycles. The molecule has 21 heteroatoms. The van der Waals surface area contributed by atoms with Crippen molar-refractivity contribution in [2.24, 2.45) is 0 Å². The van der Waals surface area contributed by atoms with Gasteiger partial charge in [0.25, 0.3) is 53.2 Å². The van der Waals surface area contributed by atoms with Gasteiger partial charge in [0.2, 0.25) is 17.7 Å². The number of ketones is 1. The second-order valence-electron chi connectivity index (χ2n) is 31.4. The fourth-order valence-corrected chi connectivity index (χ4v) is 13.9. The number of Topliss-reactive ketones (excluding diaryl/α,β-unsaturated/α-hetero) is 1. The number of benzene rings is 10. The van der Waals surface area contributed by atoms with Gasteiger partial charge in [0.05, 0.1) is 40.2 Å². The van der Waals surface area contributed by atoms with E-state index in [1.54, 1.807) is 72.8 Å². The normalized spacial score (nSPS) is 12.8. The molecule has 10 aromatic carbocycles. The van der Waals surface area contributed by atoms with Crippen LogP contribution in [-0.2, 0) is 27.3 Å². The van der Waals surface area contributed by atoms with Gasteiger partial charge in [0.15, 0.2) is 5.78 Å². The van der Waals surface area contributed by atoms with Crippen molar-refractivity contribution in [3.63, 3.8) is 0 Å². The number of nitrogens with one attached hydrogen (secondary N) is 3. The summed E-state index contributed by atoms with van der Waals surface area (Å²) in [5.41, 5.74) is 8.97. The zero-order chi connectivity index (χ0) is 103. The van der Waals surface area contributed by atoms with Crippen molar-refractivity contribution in [2.45, 2.75) is 302 Å². The molecule has 3 N–H and O–H groups in total. The van der Waals surface area contributed by atoms with E-state index >= 15 is 0 Å². The molecule has 0 spiro atoms. The molecule has 730 valence electrons. The number of hydrogen-bond acceptors (Lipinski definition) is 13. The zero-order valence-electron chi connectivity index (χ0n) is 86.9. The zero-order valence-corrected chi connectivity index (χ0v) is 86.9. The topological polar surface area (TPSA) is 274 Å². The molecule has 5 heterocycles. The first-order valence-electron chi connectivity index (χ1n) is 48.2. The van der Waals surface area contributed by atoms with Crippen molar-refractivity contribution >= 4 is 98.2 Å². The van der Waals surface area contributed by atoms with E-state index in [0.717, 1.165) is 50.3 Å². The van der Waals surface area contributed by atoms with Crippen molar-refractivity contribution in [1.29, 1.82) is 0 Å². The first-order valence-corrected chi connectivity index (χ1v) is 48.2. The molecule has 12 amide bonds. The van der Waals surface area contributed by atoms with Crippen LogP contribution >= 0.6 is 0 Å². The van der Waals surface area contributed by atoms with Crippen molar-refractivity contribution in [3.8, 4) is 0 Å². The molecule has 1 atom stereocenters. The molecule has 1 unspecified atom stereocenters. The van der Waals surface area contributed by atoms with Gasteiger partial charge in [-0.25, -0.2) is 0 Å². The lowest BCUT2D eigenvalue weighted by atomic mass is 9.93. The number of nitrogens with zero attached hydrogens (tertiary/aromatic N) is 5. The second-order valence-corrected chi connectivity index (χ2v) is 31.4. The minimum atomic E-state index is -0.281. The maximum Gasteiger partial charge on any atom is 0.261 e. The van der Waals surface area contributed by atoms with Crippen LogP contribution in [0.15, 0.2) is 237 Å². The van der Waals surface area contributed by atoms with Gasteiger partial charge in [-0.15, -0.1) is 0 Å². The number of carbonyl (C=O) groups excluding carboxylic acids is 13. The molecule has 135 heavy (non-hydrogen) atoms. The summed E-state index contributed by atoms with van der Waals surface area (Å²) in [6.07, 6.45) is 0.778. The average molecular weight is 1850 g/mol. The molecule has 1 saturated heterocycles. The van der Waals surface area contributed by atoms with Crippen LogP contribution in [0.1, 0.15) is 361 Å². The van der Waals surface area contributed by atoms with E-state index in [1.807, 2.05) is 390 Å². The highest BCUT2D eigenvalue weighted by Crippen LogP contribution is 2.34. The van der Waals surface area contributed by atoms with Crippen LogP contribution in [0.5, 0.6) is 0 Å². The van der Waals surface area contributed by atoms with E-state index in [9.17, 15) is 62.3 Å². The molecular weight excluding hydrogens is 1690 g/mol. The number of imide groups is 4. The molecule has 5 aliphatic heterocycles. The van der Waals surface area contributed by atoms with E-state index in [-0.39, 0.29) is 125 Å². The fraction of sp³-hybridized carbons (Fsp3) is 0.395. The highest BCUT2D eigenvalue weighted by atomic mass is 16.2. The molecule has 0 radical (unpaired) electrons. The number of rotatable bonds is 14. The van der Waals surface area contributed by atoms with Crippen LogP contribution in [0.4, 0.5) is 0 Å². The first-order chi connectivity index (χ1) is 64.5. The summed E-state index contributed by atoms with van der Waals surface area (Å²) < 4.78 is 0. The molecule has 21 nitrogen and oxygen atoms in total. The minimum Gasteiger partial charge on any atom is -0.354 e. The lowest BCUT2D eigenvalue weighted by Crippen LogP contribution is -2.44. The highest BCUT2D eigenvalue weighted by Gasteiger charge is 2.42. The van der Waals surface area contributed by atoms with Gasteiger partial charge < -0.3 is 20.9 Å². The van der Waals surface area contributed by atoms with Gasteiger partial charge in [0, 0.05) is 94.5 Å². The summed E-state index contributed by atoms with van der Waals surface area (Å²) >= 11 is 0. The van der Waals surface area contributed by atoms with Crippen LogP contribution in [0.25, 0.3) is 21.5 Å². The Labute approximate surface area is 807 Å². The third kappa shape index (κ3) is 35.6. The Balaban J connectivity index is 0.00000149. The predicted octanol–water partition coefficient (Wildman–Crippen LogP) is 25.2. The van der Waals surface area contributed by atoms with Gasteiger partial charge in [0.1, 0.15) is 0 Å². The summed E-state index contributed by atoms with van der Waals surface area (Å²) in [4.78, 5) is 161. The van der Waals surface area contributed by atoms with E-state index < -0.39 is 0 Å². The number of hydrogen-bond donors (Lipinski definition) is 3. The Bertz CT molecular complexity index is 5230. The van der Waals surface area contributed by atoms with Crippen LogP contribution in [-0.4, -0.2) is 150 Å². The molecule has 0 aliphatic carbocycles. The molecular formula is C114H156N8O13. The average Bonchev–Trinajstić information content (AvgIpc) is 1.70. The summed E-state index contributed by atoms with van der Waals surface area (Å²) in [5.74, 6) is -1.57. The van der Waals surface area contributed by atoms with Crippen LogP contribution in [0.2, 0.25) is 0 Å². The molecule has 15 rings (SSSR count). The lowest BCUT2D eigenvalue weighted by molar-refractivity contribution is -0.140. The quantitative estimate of drug-likeness (QED) is 0.0676. The Morgan fingerprint density at radius 1 is 0.311 bits per heavy atom. The van der Waals surface area contributed by atoms with Gasteiger partial charge in [-0.3, -0.25) is 81.9 Å². The highest BCUT2D eigenvalue weighted by molar-refractivity contribution is 6.26. The van der Waals surface area contributed by atoms with Gasteiger partial charge >= 0.3 is 0 Å². The maximum absolute atomic E-state index is 12.4. The van der Waals surface area contributed by atoms with Crippen LogP contribution in [0, 0.1) is 0 Å². The van der Waals surface area contributed by atoms with Crippen LogP contribution < -0.4 is 16.0 Å². The first kappa shape index (κ1) is 122. The van der Waals surface area contributed by atoms with E-state index in [2.05, 4.69) is 16.0 Å². The van der Waals surface area contributed by atoms with E-state index in [4.69, 9.17) is 0 Å². The Morgan fingerprint density at radius 3 is 1.01 bits per heavy atom. The predicted molar refractivity (Wildman–Crippen MR) is 556 cm³/mol. The SMILES string of the molecule is CC.CC.CC.CC.CC.CC.CC.CC.CC(=O)c1ccccc1C(=O)NC(C)C.CC(C)N1C(=O)CC(c2ccccc2)C1=O.CC(C)N1C(=O)c2cc3ccccc3cc2C1=O.CC(C)N1C(=O)c2cccc3cccc(c23)C1=O.CC(C)N1C(=O)c2ccccc2C1=O.CC(C)N1Cc2ccccc2C1=O.CC(C)NC(=O)Cc1ccccc1.CC(C)NC(=O)c1ccccc1. The Kier molecular flexibility index (Phi) is 58.3. The third-order valence-electron chi connectivity index (χ3n) is 19.4. The lowest BCUT2D eigenvalue weighted by Gasteiger charge is -2.30. The largest absolute Gasteiger partial charge is 0.354 e. The summed E-state index contributed by atoms with van der Waals surface area (Å²) in [5, 5.41) is 12.1. The van der Waals surface area contributed by atoms with Crippen molar-refractivity contribution in [1.82, 2.24) is 40.4 Å². The maximum atomic E-state index is 12.4. The van der Waals surface area contributed by atoms with E-state index in [0.29, 0.717) is 69.0 Å². The third-order valence-corrected chi connectivity index (χ3v) is 19.4. The van der Waals surface area contributed by atoms with Gasteiger partial charge in [-0.05, 0) is 211 Å². The molecule has 0 bridgehead atoms. The molecule has 0 aromatic heterocycles. The van der Waals surface area contributed by atoms with Crippen molar-refractivity contribution in [3.05, 3.63) is 309 Å². The number of carbonyl (C=O) groups is 13. The van der Waals surface area contributed by atoms with Crippen molar-refractivity contribution in [2.75, 3.05) is 0 Å². The summed E-state index contributed by atoms with van der Waals surface area (Å²) in [6.45, 7) is 64.7. The monoisotopic (exact) mass is 1850 g/mol. The molecule has 10 aromatic rings. The van der Waals surface area contributed by atoms with Gasteiger partial charge in [-0.2, -0.15) is 0 Å². The molecule has 5 aliphatic rings. The summed E-state index contributed by atoms with van der Waals surface area (Å²) in [6, 6.07) is 73.0. The van der Waals surface area contributed by atoms with Gasteiger partial charge in [-0.1, -0.05) is 287 Å². The Hall–Kier alpha value is -13.2. The molecule has 1 fully saturated rings. The smallest absolute Gasteiger partial charge is 0.261 e. The van der Waals surface area contributed by atoms with E-state index in [1.165, 1.54) is 26.5 Å². The Morgan fingerprint density at radius 2 is 0.637 bits per heavy atom. The number of fused-ring (bicyclic) bond motifs is 4. The van der Waals surface area contributed by atoms with Crippen molar-refractivity contribution < 1.29 is 62.3 Å². The second kappa shape index (κ2) is 64.6. The number of amides is 12. The number of likely N-dealkylation sites (tertiary alicyclic amines) is 1. The van der Waals surface area contributed by atoms with Crippen LogP contribution in [0.3, 0.4) is 0 Å². The minimum absolute atomic E-state index is 0.00870. The fourth-order valence-electron chi connectivity index (χ4n) is 13.9.